The SMILES string of the molecule is CC[C@H](n1cc(C)c2nc(-c3ccc(C(C)C)nc3OC)c(Br)cc21)C(C)(C)O[SiH2]C(C)(C)C. The fourth-order valence-electron chi connectivity index (χ4n) is 4.39. The number of methoxy groups -OCH3 is 1. The molecule has 3 heterocycles. The van der Waals surface area contributed by atoms with E-state index in [1.54, 1.807) is 7.11 Å². The van der Waals surface area contributed by atoms with Crippen LogP contribution in [-0.4, -0.2) is 37.0 Å². The molecule has 0 N–H and O–H groups in total. The topological polar surface area (TPSA) is 49.2 Å². The van der Waals surface area contributed by atoms with Crippen LogP contribution in [0.15, 0.2) is 28.9 Å². The van der Waals surface area contributed by atoms with Crippen molar-refractivity contribution in [2.24, 2.45) is 0 Å². The van der Waals surface area contributed by atoms with Gasteiger partial charge in [0, 0.05) is 16.4 Å². The van der Waals surface area contributed by atoms with Crippen molar-refractivity contribution < 1.29 is 9.16 Å². The maximum absolute atomic E-state index is 6.60. The Morgan fingerprint density at radius 2 is 1.79 bits per heavy atom. The summed E-state index contributed by atoms with van der Waals surface area (Å²) in [5.74, 6) is 0.931. The van der Waals surface area contributed by atoms with Crippen molar-refractivity contribution in [2.45, 2.75) is 91.3 Å². The molecule has 0 aliphatic rings. The van der Waals surface area contributed by atoms with Crippen molar-refractivity contribution in [3.05, 3.63) is 40.1 Å². The summed E-state index contributed by atoms with van der Waals surface area (Å²) >= 11 is 3.80. The summed E-state index contributed by atoms with van der Waals surface area (Å²) in [5, 5.41) is 0.252. The lowest BCUT2D eigenvalue weighted by Gasteiger charge is -2.38. The van der Waals surface area contributed by atoms with Crippen molar-refractivity contribution in [1.29, 1.82) is 0 Å². The second-order valence-corrected chi connectivity index (χ2v) is 14.8. The number of aryl methyl sites for hydroxylation is 1. The smallest absolute Gasteiger partial charge is 0.222 e. The number of hydrogen-bond donors (Lipinski definition) is 0. The normalized spacial score (nSPS) is 14.0. The van der Waals surface area contributed by atoms with Gasteiger partial charge in [-0.05, 0) is 77.8 Å². The van der Waals surface area contributed by atoms with Crippen LogP contribution in [0.3, 0.4) is 0 Å². The van der Waals surface area contributed by atoms with E-state index in [2.05, 4.69) is 107 Å². The molecule has 0 bridgehead atoms. The fraction of sp³-hybridized carbons (Fsp3) is 0.556. The van der Waals surface area contributed by atoms with Gasteiger partial charge in [0.2, 0.25) is 5.88 Å². The Bertz CT molecular complexity index is 1160. The quantitative estimate of drug-likeness (QED) is 0.277. The van der Waals surface area contributed by atoms with Crippen LogP contribution in [0.4, 0.5) is 0 Å². The van der Waals surface area contributed by atoms with Crippen molar-refractivity contribution in [1.82, 2.24) is 14.5 Å². The summed E-state index contributed by atoms with van der Waals surface area (Å²) in [6.07, 6.45) is 3.20. The van der Waals surface area contributed by atoms with Crippen LogP contribution in [0.25, 0.3) is 22.3 Å². The van der Waals surface area contributed by atoms with Crippen LogP contribution < -0.4 is 4.74 Å². The molecule has 0 fully saturated rings. The molecule has 1 atom stereocenters. The first-order valence-corrected chi connectivity index (χ1v) is 14.2. The van der Waals surface area contributed by atoms with Crippen LogP contribution in [0.2, 0.25) is 5.04 Å². The lowest BCUT2D eigenvalue weighted by Crippen LogP contribution is -2.38. The predicted molar refractivity (Wildman–Crippen MR) is 149 cm³/mol. The standard InChI is InChI=1S/C27H40BrN3O2Si/c1-11-22(27(8,9)33-34-26(5,6)7)31-15-17(4)23-21(31)14-19(28)24(30-23)18-12-13-20(16(2)3)29-25(18)32-10/h12-16,22H,11,34H2,1-10H3/t22-/m0/s1. The molecular weight excluding hydrogens is 506 g/mol. The van der Waals surface area contributed by atoms with Gasteiger partial charge < -0.3 is 13.7 Å². The van der Waals surface area contributed by atoms with Gasteiger partial charge in [-0.25, -0.2) is 9.97 Å². The van der Waals surface area contributed by atoms with Gasteiger partial charge in [-0.2, -0.15) is 0 Å². The zero-order valence-corrected chi connectivity index (χ0v) is 25.4. The first kappa shape index (κ1) is 26.9. The van der Waals surface area contributed by atoms with E-state index >= 15 is 0 Å². The highest BCUT2D eigenvalue weighted by molar-refractivity contribution is 9.10. The number of hydrogen-bond acceptors (Lipinski definition) is 4. The lowest BCUT2D eigenvalue weighted by atomic mass is 9.96. The largest absolute Gasteiger partial charge is 0.480 e. The maximum atomic E-state index is 6.60. The van der Waals surface area contributed by atoms with Gasteiger partial charge in [0.1, 0.15) is 0 Å². The Labute approximate surface area is 215 Å². The van der Waals surface area contributed by atoms with E-state index in [0.717, 1.165) is 44.4 Å². The molecular formula is C27H40BrN3O2Si. The molecule has 3 aromatic heterocycles. The molecule has 0 aliphatic carbocycles. The van der Waals surface area contributed by atoms with E-state index < -0.39 is 9.76 Å². The first-order valence-electron chi connectivity index (χ1n) is 12.2. The molecule has 0 aromatic carbocycles. The van der Waals surface area contributed by atoms with Gasteiger partial charge in [-0.15, -0.1) is 0 Å². The highest BCUT2D eigenvalue weighted by Gasteiger charge is 2.33. The Morgan fingerprint density at radius 1 is 1.12 bits per heavy atom. The van der Waals surface area contributed by atoms with Gasteiger partial charge in [0.25, 0.3) is 0 Å². The monoisotopic (exact) mass is 545 g/mol. The second-order valence-electron chi connectivity index (χ2n) is 11.2. The Balaban J connectivity index is 2.10. The Kier molecular flexibility index (Phi) is 8.00. The maximum Gasteiger partial charge on any atom is 0.222 e. The minimum absolute atomic E-state index is 0.208. The Hall–Kier alpha value is -1.70. The summed E-state index contributed by atoms with van der Waals surface area (Å²) in [5.41, 5.74) is 5.73. The van der Waals surface area contributed by atoms with Crippen molar-refractivity contribution >= 4 is 36.7 Å². The molecule has 0 saturated carbocycles. The molecule has 186 valence electrons. The van der Waals surface area contributed by atoms with Crippen molar-refractivity contribution in [3.8, 4) is 17.1 Å². The highest BCUT2D eigenvalue weighted by Crippen LogP contribution is 2.39. The van der Waals surface area contributed by atoms with E-state index in [-0.39, 0.29) is 16.7 Å². The molecule has 7 heteroatoms. The molecule has 0 saturated heterocycles. The van der Waals surface area contributed by atoms with Crippen LogP contribution in [-0.2, 0) is 4.43 Å². The zero-order valence-electron chi connectivity index (χ0n) is 22.4. The molecule has 0 spiro atoms. The summed E-state index contributed by atoms with van der Waals surface area (Å²) < 4.78 is 15.5. The zero-order chi connectivity index (χ0) is 25.4. The van der Waals surface area contributed by atoms with Gasteiger partial charge in [0.05, 0.1) is 41.0 Å². The number of pyridine rings is 2. The molecule has 34 heavy (non-hydrogen) atoms. The Morgan fingerprint density at radius 3 is 2.35 bits per heavy atom. The number of rotatable bonds is 8. The van der Waals surface area contributed by atoms with E-state index in [1.165, 1.54) is 0 Å². The van der Waals surface area contributed by atoms with Gasteiger partial charge in [0.15, 0.2) is 9.76 Å². The van der Waals surface area contributed by atoms with E-state index in [1.807, 2.05) is 0 Å². The molecule has 0 unspecified atom stereocenters. The highest BCUT2D eigenvalue weighted by atomic mass is 79.9. The first-order chi connectivity index (χ1) is 15.8. The third-order valence-corrected chi connectivity index (χ3v) is 8.62. The van der Waals surface area contributed by atoms with Crippen LogP contribution in [0.5, 0.6) is 5.88 Å². The van der Waals surface area contributed by atoms with Crippen LogP contribution >= 0.6 is 15.9 Å². The number of aromatic nitrogens is 3. The van der Waals surface area contributed by atoms with Gasteiger partial charge in [-0.1, -0.05) is 41.5 Å². The summed E-state index contributed by atoms with van der Waals surface area (Å²) in [6, 6.07) is 6.51. The van der Waals surface area contributed by atoms with E-state index in [0.29, 0.717) is 11.8 Å². The van der Waals surface area contributed by atoms with Crippen molar-refractivity contribution in [3.63, 3.8) is 0 Å². The second kappa shape index (κ2) is 10.1. The molecule has 3 aromatic rings. The molecule has 0 amide bonds. The minimum atomic E-state index is -0.681. The van der Waals surface area contributed by atoms with Crippen LogP contribution in [0.1, 0.15) is 85.0 Å². The molecule has 0 radical (unpaired) electrons. The van der Waals surface area contributed by atoms with E-state index in [4.69, 9.17) is 19.1 Å². The summed E-state index contributed by atoms with van der Waals surface area (Å²) in [4.78, 5) is 9.84. The lowest BCUT2D eigenvalue weighted by molar-refractivity contribution is 0.0489. The number of halogens is 1. The van der Waals surface area contributed by atoms with Crippen molar-refractivity contribution in [2.75, 3.05) is 7.11 Å². The average Bonchev–Trinajstić information content (AvgIpc) is 3.06. The predicted octanol–water partition coefficient (Wildman–Crippen LogP) is 7.35. The average molecular weight is 547 g/mol. The fourth-order valence-corrected chi connectivity index (χ4v) is 5.90. The minimum Gasteiger partial charge on any atom is -0.480 e. The number of fused-ring (bicyclic) bond motifs is 1. The summed E-state index contributed by atoms with van der Waals surface area (Å²) in [7, 11) is 0.984. The summed E-state index contributed by atoms with van der Waals surface area (Å²) in [6.45, 7) is 19.9. The van der Waals surface area contributed by atoms with E-state index in [9.17, 15) is 0 Å². The molecule has 0 aliphatic heterocycles. The van der Waals surface area contributed by atoms with Gasteiger partial charge >= 0.3 is 0 Å². The van der Waals surface area contributed by atoms with Gasteiger partial charge in [-0.3, -0.25) is 0 Å². The van der Waals surface area contributed by atoms with Crippen LogP contribution in [0, 0.1) is 6.92 Å². The number of ether oxygens (including phenoxy) is 1. The molecule has 5 nitrogen and oxygen atoms in total. The number of nitrogens with zero attached hydrogens (tertiary/aromatic N) is 3. The third kappa shape index (κ3) is 5.57. The third-order valence-electron chi connectivity index (χ3n) is 6.26. The molecule has 3 rings (SSSR count).